The number of aromatic nitrogens is 2. The van der Waals surface area contributed by atoms with Gasteiger partial charge in [0.1, 0.15) is 5.69 Å². The number of carbonyl (C=O) groups is 3. The zero-order valence-electron chi connectivity index (χ0n) is 19.8. The number of methoxy groups -OCH3 is 1. The van der Waals surface area contributed by atoms with Crippen molar-refractivity contribution in [2.24, 2.45) is 0 Å². The predicted molar refractivity (Wildman–Crippen MR) is 124 cm³/mol. The number of hydrogen-bond donors (Lipinski definition) is 3. The highest BCUT2D eigenvalue weighted by molar-refractivity contribution is 6.31. The van der Waals surface area contributed by atoms with E-state index in [4.69, 9.17) is 11.6 Å². The van der Waals surface area contributed by atoms with E-state index in [0.717, 1.165) is 20.1 Å². The molecular formula is C24H20ClF4N3O6. The van der Waals surface area contributed by atoms with E-state index in [9.17, 15) is 42.2 Å². The van der Waals surface area contributed by atoms with Gasteiger partial charge in [-0.25, -0.2) is 13.6 Å². The summed E-state index contributed by atoms with van der Waals surface area (Å²) in [6.45, 7) is 0.0595. The molecule has 0 bridgehead atoms. The highest BCUT2D eigenvalue weighted by atomic mass is 35.5. The Kier molecular flexibility index (Phi) is 8.74. The van der Waals surface area contributed by atoms with E-state index in [-0.39, 0.29) is 17.1 Å². The molecule has 9 nitrogen and oxygen atoms in total. The van der Waals surface area contributed by atoms with E-state index in [0.29, 0.717) is 10.2 Å². The quantitative estimate of drug-likeness (QED) is 0.198. The number of aliphatic hydroxyl groups excluding tert-OH is 1. The molecule has 1 aromatic heterocycles. The maximum Gasteiger partial charge on any atom is 0.334 e. The average Bonchev–Trinajstić information content (AvgIpc) is 3.30. The predicted octanol–water partition coefficient (Wildman–Crippen LogP) is 3.14. The molecule has 3 aromatic rings. The summed E-state index contributed by atoms with van der Waals surface area (Å²) in [5, 5.41) is 25.7. The number of ether oxygens (including phenoxy) is 1. The molecule has 3 N–H and O–H groups in total. The Balaban J connectivity index is 1.96. The Hall–Kier alpha value is -3.97. The molecule has 1 amide bonds. The first-order valence-electron chi connectivity index (χ1n) is 10.8. The van der Waals surface area contributed by atoms with E-state index in [2.05, 4.69) is 15.2 Å². The summed E-state index contributed by atoms with van der Waals surface area (Å²) in [7, 11) is 0.812. The van der Waals surface area contributed by atoms with E-state index < -0.39 is 76.6 Å². The number of aliphatic hydroxyl groups is 1. The molecule has 2 atom stereocenters. The van der Waals surface area contributed by atoms with Gasteiger partial charge in [-0.15, -0.1) is 0 Å². The van der Waals surface area contributed by atoms with Crippen molar-refractivity contribution >= 4 is 29.3 Å². The van der Waals surface area contributed by atoms with Crippen LogP contribution in [0.2, 0.25) is 5.02 Å². The largest absolute Gasteiger partial charge is 0.491 e. The minimum Gasteiger partial charge on any atom is -0.491 e. The number of carboxylic acids is 1. The van der Waals surface area contributed by atoms with Crippen LogP contribution < -0.4 is 10.1 Å². The minimum atomic E-state index is -2.07. The summed E-state index contributed by atoms with van der Waals surface area (Å²) in [4.78, 5) is 36.4. The van der Waals surface area contributed by atoms with Gasteiger partial charge >= 0.3 is 5.97 Å². The first-order valence-corrected chi connectivity index (χ1v) is 11.2. The van der Waals surface area contributed by atoms with E-state index >= 15 is 0 Å². The Labute approximate surface area is 217 Å². The summed E-state index contributed by atoms with van der Waals surface area (Å²) in [5.74, 6) is -11.9. The van der Waals surface area contributed by atoms with Crippen molar-refractivity contribution in [2.45, 2.75) is 32.0 Å². The second-order valence-corrected chi connectivity index (χ2v) is 8.46. The van der Waals surface area contributed by atoms with Crippen LogP contribution in [0.3, 0.4) is 0 Å². The molecule has 0 radical (unpaired) electrons. The molecule has 3 rings (SSSR count). The summed E-state index contributed by atoms with van der Waals surface area (Å²) >= 11 is 6.09. The van der Waals surface area contributed by atoms with Crippen molar-refractivity contribution in [1.82, 2.24) is 15.1 Å². The van der Waals surface area contributed by atoms with Gasteiger partial charge in [-0.2, -0.15) is 13.9 Å². The van der Waals surface area contributed by atoms with Crippen LogP contribution in [0.15, 0.2) is 30.3 Å². The number of aliphatic carboxylic acids is 1. The lowest BCUT2D eigenvalue weighted by Gasteiger charge is -2.21. The van der Waals surface area contributed by atoms with Gasteiger partial charge < -0.3 is 20.3 Å². The van der Waals surface area contributed by atoms with Gasteiger partial charge in [-0.1, -0.05) is 29.8 Å². The number of benzene rings is 2. The number of Topliss-reactive ketones (excluding diaryl/α,β-unsaturated/α-hetero) is 1. The lowest BCUT2D eigenvalue weighted by Crippen LogP contribution is -2.48. The van der Waals surface area contributed by atoms with Crippen molar-refractivity contribution in [3.63, 3.8) is 0 Å². The Morgan fingerprint density at radius 3 is 2.24 bits per heavy atom. The summed E-state index contributed by atoms with van der Waals surface area (Å²) in [6.07, 6.45) is -2.28. The van der Waals surface area contributed by atoms with Crippen molar-refractivity contribution in [2.75, 3.05) is 7.11 Å². The summed E-state index contributed by atoms with van der Waals surface area (Å²) in [5.41, 5.74) is -1.58. The van der Waals surface area contributed by atoms with Gasteiger partial charge in [-0.05, 0) is 18.1 Å². The third-order valence-corrected chi connectivity index (χ3v) is 5.92. The average molecular weight is 558 g/mol. The Bertz CT molecular complexity index is 1390. The zero-order chi connectivity index (χ0) is 28.3. The third kappa shape index (κ3) is 5.78. The van der Waals surface area contributed by atoms with Crippen molar-refractivity contribution in [1.29, 1.82) is 0 Å². The number of hydrogen-bond acceptors (Lipinski definition) is 6. The lowest BCUT2D eigenvalue weighted by molar-refractivity contribution is -0.148. The van der Waals surface area contributed by atoms with Gasteiger partial charge in [0.25, 0.3) is 5.91 Å². The summed E-state index contributed by atoms with van der Waals surface area (Å²) in [6, 6.07) is 5.82. The van der Waals surface area contributed by atoms with Crippen LogP contribution in [0.4, 0.5) is 17.6 Å². The van der Waals surface area contributed by atoms with Gasteiger partial charge in [0.2, 0.25) is 11.6 Å². The standard InChI is InChI=1S/C24H20ClF4N3O6/c1-10(33)16-8-15(31-32(16)9-12-17(26)19(28)22(38-2)20(29)18(12)27)23(35)30-14(21(34)24(36)37)7-11-5-3-4-6-13(11)25/h3-6,8,14,21,34H,7,9H2,1-2H3,(H,30,35)(H,36,37)/t14-,21-/m1/s1. The molecule has 14 heteroatoms. The molecular weight excluding hydrogens is 538 g/mol. The number of nitrogens with one attached hydrogen (secondary N) is 1. The van der Waals surface area contributed by atoms with E-state index in [1.807, 2.05) is 0 Å². The van der Waals surface area contributed by atoms with Crippen molar-refractivity contribution in [3.05, 3.63) is 81.1 Å². The number of rotatable bonds is 10. The summed E-state index contributed by atoms with van der Waals surface area (Å²) < 4.78 is 62.2. The zero-order valence-corrected chi connectivity index (χ0v) is 20.5. The normalized spacial score (nSPS) is 12.6. The van der Waals surface area contributed by atoms with Crippen LogP contribution in [0.25, 0.3) is 0 Å². The van der Waals surface area contributed by atoms with Crippen LogP contribution in [0, 0.1) is 23.3 Å². The number of carbonyl (C=O) groups excluding carboxylic acids is 2. The molecule has 202 valence electrons. The third-order valence-electron chi connectivity index (χ3n) is 5.55. The Morgan fingerprint density at radius 1 is 1.11 bits per heavy atom. The molecule has 38 heavy (non-hydrogen) atoms. The van der Waals surface area contributed by atoms with Crippen LogP contribution >= 0.6 is 11.6 Å². The first kappa shape index (κ1) is 28.6. The van der Waals surface area contributed by atoms with Crippen LogP contribution in [0.5, 0.6) is 5.75 Å². The fourth-order valence-electron chi connectivity index (χ4n) is 3.61. The highest BCUT2D eigenvalue weighted by Crippen LogP contribution is 2.30. The van der Waals surface area contributed by atoms with Crippen LogP contribution in [-0.4, -0.2) is 56.9 Å². The van der Waals surface area contributed by atoms with Gasteiger partial charge in [0.15, 0.2) is 35.0 Å². The van der Waals surface area contributed by atoms with Crippen LogP contribution in [0.1, 0.15) is 39.0 Å². The first-order chi connectivity index (χ1) is 17.9. The molecule has 0 spiro atoms. The molecule has 0 aliphatic carbocycles. The molecule has 1 heterocycles. The van der Waals surface area contributed by atoms with Gasteiger partial charge in [0, 0.05) is 18.0 Å². The van der Waals surface area contributed by atoms with Gasteiger partial charge in [-0.3, -0.25) is 14.3 Å². The molecule has 2 aromatic carbocycles. The van der Waals surface area contributed by atoms with E-state index in [1.54, 1.807) is 18.2 Å². The minimum absolute atomic E-state index is 0.208. The number of carboxylic acid groups (broad SMARTS) is 1. The molecule has 0 aliphatic rings. The number of ketones is 1. The maximum atomic E-state index is 14.5. The second-order valence-electron chi connectivity index (χ2n) is 8.05. The second kappa shape index (κ2) is 11.6. The lowest BCUT2D eigenvalue weighted by atomic mass is 10.0. The maximum absolute atomic E-state index is 14.5. The van der Waals surface area contributed by atoms with E-state index in [1.165, 1.54) is 6.07 Å². The fourth-order valence-corrected chi connectivity index (χ4v) is 3.83. The number of nitrogens with zero attached hydrogens (tertiary/aromatic N) is 2. The monoisotopic (exact) mass is 557 g/mol. The molecule has 0 aliphatic heterocycles. The number of amides is 1. The van der Waals surface area contributed by atoms with Crippen molar-refractivity contribution < 1.29 is 46.9 Å². The fraction of sp³-hybridized carbons (Fsp3) is 0.250. The topological polar surface area (TPSA) is 131 Å². The molecule has 0 saturated heterocycles. The SMILES string of the molecule is COc1c(F)c(F)c(Cn2nc(C(=O)N[C@H](Cc3ccccc3Cl)[C@@H](O)C(=O)O)cc2C(C)=O)c(F)c1F. The Morgan fingerprint density at radius 2 is 1.71 bits per heavy atom. The number of halogens is 5. The van der Waals surface area contributed by atoms with Crippen molar-refractivity contribution in [3.8, 4) is 5.75 Å². The smallest absolute Gasteiger partial charge is 0.334 e. The molecule has 0 saturated carbocycles. The van der Waals surface area contributed by atoms with Gasteiger partial charge in [0.05, 0.1) is 25.3 Å². The molecule has 0 fully saturated rings. The highest BCUT2D eigenvalue weighted by Gasteiger charge is 2.31. The molecule has 0 unspecified atom stereocenters. The van der Waals surface area contributed by atoms with Crippen LogP contribution in [-0.2, 0) is 17.8 Å².